The number of hydrogen-bond acceptors (Lipinski definition) is 5. The van der Waals surface area contributed by atoms with Crippen molar-refractivity contribution in [2.75, 3.05) is 37.6 Å². The van der Waals surface area contributed by atoms with Crippen LogP contribution in [0.5, 0.6) is 0 Å². The van der Waals surface area contributed by atoms with E-state index < -0.39 is 0 Å². The van der Waals surface area contributed by atoms with Gasteiger partial charge in [-0.15, -0.1) is 10.2 Å². The molecule has 1 aromatic heterocycles. The van der Waals surface area contributed by atoms with Crippen molar-refractivity contribution in [1.29, 1.82) is 0 Å². The van der Waals surface area contributed by atoms with E-state index in [9.17, 15) is 9.59 Å². The summed E-state index contributed by atoms with van der Waals surface area (Å²) < 4.78 is 0. The van der Waals surface area contributed by atoms with Crippen LogP contribution in [0, 0.1) is 5.92 Å². The number of carbonyl (C=O) groups is 2. The predicted molar refractivity (Wildman–Crippen MR) is 148 cm³/mol. The molecule has 37 heavy (non-hydrogen) atoms. The second kappa shape index (κ2) is 11.9. The number of amides is 2. The van der Waals surface area contributed by atoms with E-state index in [1.807, 2.05) is 74.2 Å². The summed E-state index contributed by atoms with van der Waals surface area (Å²) in [5, 5.41) is 9.82. The van der Waals surface area contributed by atoms with Crippen LogP contribution in [0.4, 0.5) is 5.82 Å². The first-order valence-corrected chi connectivity index (χ1v) is 13.2. The van der Waals surface area contributed by atoms with Crippen molar-refractivity contribution in [3.8, 4) is 11.3 Å². The lowest BCUT2D eigenvalue weighted by atomic mass is 10.0. The van der Waals surface area contributed by atoms with Gasteiger partial charge in [-0.1, -0.05) is 67.4 Å². The van der Waals surface area contributed by atoms with E-state index in [0.717, 1.165) is 16.9 Å². The lowest BCUT2D eigenvalue weighted by molar-refractivity contribution is -0.144. The predicted octanol–water partition coefficient (Wildman–Crippen LogP) is 5.34. The van der Waals surface area contributed by atoms with Gasteiger partial charge < -0.3 is 14.7 Å². The number of carbonyl (C=O) groups excluding carboxylic acids is 2. The summed E-state index contributed by atoms with van der Waals surface area (Å²) in [6.45, 7) is 8.13. The maximum absolute atomic E-state index is 13.2. The molecule has 0 saturated carbocycles. The zero-order valence-electron chi connectivity index (χ0n) is 21.3. The number of nitrogens with zero attached hydrogens (tertiary/aromatic N) is 5. The van der Waals surface area contributed by atoms with E-state index >= 15 is 0 Å². The highest BCUT2D eigenvalue weighted by molar-refractivity contribution is 6.36. The molecule has 1 unspecified atom stereocenters. The molecule has 3 aromatic rings. The van der Waals surface area contributed by atoms with Gasteiger partial charge in [-0.2, -0.15) is 0 Å². The average Bonchev–Trinajstić information content (AvgIpc) is 2.91. The van der Waals surface area contributed by atoms with Crippen LogP contribution in [-0.2, 0) is 9.59 Å². The van der Waals surface area contributed by atoms with Crippen LogP contribution in [0.2, 0.25) is 10.0 Å². The summed E-state index contributed by atoms with van der Waals surface area (Å²) in [4.78, 5) is 31.9. The quantitative estimate of drug-likeness (QED) is 0.405. The first-order valence-electron chi connectivity index (χ1n) is 12.4. The van der Waals surface area contributed by atoms with Crippen LogP contribution in [-0.4, -0.2) is 64.5 Å². The van der Waals surface area contributed by atoms with E-state index in [1.54, 1.807) is 17.0 Å². The minimum atomic E-state index is -0.194. The molecular weight excluding hydrogens is 509 g/mol. The van der Waals surface area contributed by atoms with E-state index in [4.69, 9.17) is 23.2 Å². The first-order chi connectivity index (χ1) is 17.7. The molecule has 194 valence electrons. The summed E-state index contributed by atoms with van der Waals surface area (Å²) in [6.07, 6.45) is 0. The second-order valence-corrected chi connectivity index (χ2v) is 10.3. The Morgan fingerprint density at radius 3 is 2.22 bits per heavy atom. The molecule has 1 saturated heterocycles. The molecule has 7 nitrogen and oxygen atoms in total. The Morgan fingerprint density at radius 1 is 0.919 bits per heavy atom. The van der Waals surface area contributed by atoms with Crippen molar-refractivity contribution >= 4 is 40.8 Å². The highest BCUT2D eigenvalue weighted by Gasteiger charge is 2.29. The fourth-order valence-electron chi connectivity index (χ4n) is 4.41. The average molecular weight is 540 g/mol. The third-order valence-corrected chi connectivity index (χ3v) is 7.19. The largest absolute Gasteiger partial charge is 0.352 e. The van der Waals surface area contributed by atoms with Gasteiger partial charge in [0.2, 0.25) is 11.8 Å². The Hall–Kier alpha value is -3.16. The Bertz CT molecular complexity index is 1230. The summed E-state index contributed by atoms with van der Waals surface area (Å²) in [5.74, 6) is 0.477. The van der Waals surface area contributed by atoms with Gasteiger partial charge in [-0.05, 0) is 42.8 Å². The number of aromatic nitrogens is 2. The maximum atomic E-state index is 13.2. The fraction of sp³-hybridized carbons (Fsp3) is 0.357. The number of rotatable bonds is 7. The topological polar surface area (TPSA) is 69.6 Å². The monoisotopic (exact) mass is 539 g/mol. The van der Waals surface area contributed by atoms with Crippen molar-refractivity contribution in [2.45, 2.75) is 26.8 Å². The van der Waals surface area contributed by atoms with Crippen molar-refractivity contribution in [3.05, 3.63) is 76.3 Å². The van der Waals surface area contributed by atoms with Crippen molar-refractivity contribution in [2.24, 2.45) is 5.92 Å². The van der Waals surface area contributed by atoms with E-state index in [1.165, 1.54) is 0 Å². The summed E-state index contributed by atoms with van der Waals surface area (Å²) >= 11 is 12.3. The molecule has 0 N–H and O–H groups in total. The molecule has 0 bridgehead atoms. The van der Waals surface area contributed by atoms with E-state index in [-0.39, 0.29) is 30.3 Å². The standard InChI is InChI=1S/C28H31Cl2N5O2/c1-19(2)28(37)35(20(3)21-7-5-4-6-8-21)18-27(36)34-15-13-33(14-16-34)26-12-11-25(31-32-26)23-10-9-22(29)17-24(23)30/h4-12,17,19-20H,13-16,18H2,1-3H3. The van der Waals surface area contributed by atoms with Gasteiger partial charge in [0.05, 0.1) is 16.8 Å². The Labute approximate surface area is 228 Å². The summed E-state index contributed by atoms with van der Waals surface area (Å²) in [6, 6.07) is 18.7. The molecule has 0 aliphatic carbocycles. The Kier molecular flexibility index (Phi) is 8.67. The van der Waals surface area contributed by atoms with Crippen LogP contribution in [0.3, 0.4) is 0 Å². The van der Waals surface area contributed by atoms with Crippen LogP contribution in [0.1, 0.15) is 32.4 Å². The molecule has 1 atom stereocenters. The lowest BCUT2D eigenvalue weighted by Crippen LogP contribution is -2.52. The zero-order chi connectivity index (χ0) is 26.5. The van der Waals surface area contributed by atoms with Gasteiger partial charge in [-0.3, -0.25) is 9.59 Å². The van der Waals surface area contributed by atoms with Crippen molar-refractivity contribution in [3.63, 3.8) is 0 Å². The van der Waals surface area contributed by atoms with Crippen LogP contribution >= 0.6 is 23.2 Å². The van der Waals surface area contributed by atoms with E-state index in [2.05, 4.69) is 15.1 Å². The minimum Gasteiger partial charge on any atom is -0.352 e. The summed E-state index contributed by atoms with van der Waals surface area (Å²) in [7, 11) is 0. The van der Waals surface area contributed by atoms with Crippen molar-refractivity contribution in [1.82, 2.24) is 20.0 Å². The molecule has 4 rings (SSSR count). The van der Waals surface area contributed by atoms with Gasteiger partial charge in [0.1, 0.15) is 6.54 Å². The smallest absolute Gasteiger partial charge is 0.242 e. The zero-order valence-corrected chi connectivity index (χ0v) is 22.8. The van der Waals surface area contributed by atoms with Crippen LogP contribution < -0.4 is 4.90 Å². The molecule has 9 heteroatoms. The number of anilines is 1. The molecule has 1 aliphatic heterocycles. The highest BCUT2D eigenvalue weighted by atomic mass is 35.5. The third-order valence-electron chi connectivity index (χ3n) is 6.65. The maximum Gasteiger partial charge on any atom is 0.242 e. The minimum absolute atomic E-state index is 0.0282. The highest BCUT2D eigenvalue weighted by Crippen LogP contribution is 2.29. The van der Waals surface area contributed by atoms with Crippen LogP contribution in [0.25, 0.3) is 11.3 Å². The van der Waals surface area contributed by atoms with Gasteiger partial charge in [0.15, 0.2) is 5.82 Å². The molecule has 2 heterocycles. The SMILES string of the molecule is CC(C)C(=O)N(CC(=O)N1CCN(c2ccc(-c3ccc(Cl)cc3Cl)nn2)CC1)C(C)c1ccccc1. The number of hydrogen-bond donors (Lipinski definition) is 0. The molecule has 1 aliphatic rings. The molecule has 0 spiro atoms. The van der Waals surface area contributed by atoms with Crippen molar-refractivity contribution < 1.29 is 9.59 Å². The molecule has 2 amide bonds. The summed E-state index contributed by atoms with van der Waals surface area (Å²) in [5.41, 5.74) is 2.45. The van der Waals surface area contributed by atoms with Gasteiger partial charge in [0, 0.05) is 42.7 Å². The molecular formula is C28H31Cl2N5O2. The third kappa shape index (κ3) is 6.40. The first kappa shape index (κ1) is 26.9. The van der Waals surface area contributed by atoms with Gasteiger partial charge in [0.25, 0.3) is 0 Å². The Morgan fingerprint density at radius 2 is 1.62 bits per heavy atom. The normalized spacial score (nSPS) is 14.5. The van der Waals surface area contributed by atoms with Gasteiger partial charge in [-0.25, -0.2) is 0 Å². The lowest BCUT2D eigenvalue weighted by Gasteiger charge is -2.37. The van der Waals surface area contributed by atoms with Crippen LogP contribution in [0.15, 0.2) is 60.7 Å². The molecule has 1 fully saturated rings. The second-order valence-electron chi connectivity index (χ2n) is 9.48. The molecule has 0 radical (unpaired) electrons. The Balaban J connectivity index is 1.38. The number of piperazine rings is 1. The number of halogens is 2. The van der Waals surface area contributed by atoms with Gasteiger partial charge >= 0.3 is 0 Å². The number of benzene rings is 2. The van der Waals surface area contributed by atoms with E-state index in [0.29, 0.717) is 41.9 Å². The fourth-order valence-corrected chi connectivity index (χ4v) is 4.92. The molecule has 2 aromatic carbocycles.